The standard InChI is InChI=1S/C17H11BrF4N2/c18-11-7-15-13(8-12(11)19)23-16-6-5-14(24(15)16)9-3-1-2-4-10(9)17(20,21)22/h1-4,7-8,14H,5-6H2. The van der Waals surface area contributed by atoms with Gasteiger partial charge in [-0.1, -0.05) is 18.2 Å². The van der Waals surface area contributed by atoms with Crippen molar-refractivity contribution in [1.29, 1.82) is 0 Å². The smallest absolute Gasteiger partial charge is 0.320 e. The number of aromatic nitrogens is 2. The second-order valence-corrected chi connectivity index (χ2v) is 6.65. The molecule has 3 aromatic rings. The molecule has 0 spiro atoms. The number of fused-ring (bicyclic) bond motifs is 3. The summed E-state index contributed by atoms with van der Waals surface area (Å²) in [6, 6.07) is 8.03. The summed E-state index contributed by atoms with van der Waals surface area (Å²) in [6.07, 6.45) is -3.31. The van der Waals surface area contributed by atoms with Gasteiger partial charge in [0.15, 0.2) is 0 Å². The minimum absolute atomic E-state index is 0.225. The molecule has 1 aromatic heterocycles. The van der Waals surface area contributed by atoms with Crippen molar-refractivity contribution in [3.05, 3.63) is 63.6 Å². The van der Waals surface area contributed by atoms with Gasteiger partial charge in [0.25, 0.3) is 0 Å². The molecular weight excluding hydrogens is 388 g/mol. The molecule has 24 heavy (non-hydrogen) atoms. The maximum absolute atomic E-state index is 13.7. The minimum Gasteiger partial charge on any atom is -0.320 e. The number of nitrogens with zero attached hydrogens (tertiary/aromatic N) is 2. The molecule has 124 valence electrons. The number of benzene rings is 2. The van der Waals surface area contributed by atoms with E-state index in [2.05, 4.69) is 20.9 Å². The van der Waals surface area contributed by atoms with Crippen LogP contribution in [0.2, 0.25) is 0 Å². The molecule has 0 radical (unpaired) electrons. The zero-order chi connectivity index (χ0) is 17.1. The summed E-state index contributed by atoms with van der Waals surface area (Å²) in [5, 5.41) is 0. The Hall–Kier alpha value is -1.89. The molecule has 0 saturated carbocycles. The number of halogens is 5. The van der Waals surface area contributed by atoms with Gasteiger partial charge in [0, 0.05) is 12.5 Å². The average molecular weight is 399 g/mol. The molecule has 0 amide bonds. The monoisotopic (exact) mass is 398 g/mol. The number of hydrogen-bond donors (Lipinski definition) is 0. The number of hydrogen-bond acceptors (Lipinski definition) is 1. The molecule has 0 fully saturated rings. The van der Waals surface area contributed by atoms with Crippen LogP contribution in [-0.4, -0.2) is 9.55 Å². The number of rotatable bonds is 1. The highest BCUT2D eigenvalue weighted by Gasteiger charge is 2.37. The lowest BCUT2D eigenvalue weighted by molar-refractivity contribution is -0.138. The molecular formula is C17H11BrF4N2. The van der Waals surface area contributed by atoms with Crippen LogP contribution in [0.1, 0.15) is 29.4 Å². The van der Waals surface area contributed by atoms with Gasteiger partial charge in [-0.25, -0.2) is 9.37 Å². The highest BCUT2D eigenvalue weighted by molar-refractivity contribution is 9.10. The predicted octanol–water partition coefficient (Wildman–Crippen LogP) is 5.49. The van der Waals surface area contributed by atoms with Crippen LogP contribution in [0.4, 0.5) is 17.6 Å². The Kier molecular flexibility index (Phi) is 3.46. The number of imidazole rings is 1. The van der Waals surface area contributed by atoms with Gasteiger partial charge >= 0.3 is 6.18 Å². The fourth-order valence-corrected chi connectivity index (χ4v) is 3.73. The first kappa shape index (κ1) is 15.6. The Bertz CT molecular complexity index is 946. The Balaban J connectivity index is 1.93. The van der Waals surface area contributed by atoms with E-state index in [0.717, 1.165) is 6.07 Å². The molecule has 0 aliphatic carbocycles. The zero-order valence-corrected chi connectivity index (χ0v) is 13.8. The van der Waals surface area contributed by atoms with Gasteiger partial charge in [-0.2, -0.15) is 13.2 Å². The van der Waals surface area contributed by atoms with Gasteiger partial charge in [-0.3, -0.25) is 0 Å². The first-order valence-corrected chi connectivity index (χ1v) is 8.17. The maximum Gasteiger partial charge on any atom is 0.416 e. The van der Waals surface area contributed by atoms with Crippen LogP contribution in [0.3, 0.4) is 0 Å². The fourth-order valence-electron chi connectivity index (χ4n) is 3.40. The summed E-state index contributed by atoms with van der Waals surface area (Å²) in [6.45, 7) is 0. The Morgan fingerprint density at radius 2 is 1.92 bits per heavy atom. The third-order valence-electron chi connectivity index (χ3n) is 4.38. The van der Waals surface area contributed by atoms with E-state index in [1.54, 1.807) is 16.7 Å². The highest BCUT2D eigenvalue weighted by Crippen LogP contribution is 2.42. The van der Waals surface area contributed by atoms with Crippen molar-refractivity contribution in [2.45, 2.75) is 25.1 Å². The van der Waals surface area contributed by atoms with E-state index in [1.807, 2.05) is 0 Å². The topological polar surface area (TPSA) is 17.8 Å². The molecule has 0 saturated heterocycles. The van der Waals surface area contributed by atoms with Gasteiger partial charge in [0.1, 0.15) is 11.6 Å². The quantitative estimate of drug-likeness (QED) is 0.495. The third kappa shape index (κ3) is 2.33. The van der Waals surface area contributed by atoms with E-state index in [9.17, 15) is 17.6 Å². The van der Waals surface area contributed by atoms with Crippen LogP contribution >= 0.6 is 15.9 Å². The van der Waals surface area contributed by atoms with E-state index in [4.69, 9.17) is 0 Å². The van der Waals surface area contributed by atoms with Crippen LogP contribution in [0.25, 0.3) is 11.0 Å². The van der Waals surface area contributed by atoms with Crippen LogP contribution in [0.5, 0.6) is 0 Å². The lowest BCUT2D eigenvalue weighted by Crippen LogP contribution is -2.14. The second-order valence-electron chi connectivity index (χ2n) is 5.79. The summed E-state index contributed by atoms with van der Waals surface area (Å²) in [5.74, 6) is 0.246. The summed E-state index contributed by atoms with van der Waals surface area (Å²) in [4.78, 5) is 4.38. The molecule has 7 heteroatoms. The molecule has 1 unspecified atom stereocenters. The van der Waals surface area contributed by atoms with Crippen LogP contribution in [0, 0.1) is 5.82 Å². The van der Waals surface area contributed by atoms with E-state index in [-0.39, 0.29) is 10.0 Å². The fraction of sp³-hybridized carbons (Fsp3) is 0.235. The number of aryl methyl sites for hydroxylation is 1. The van der Waals surface area contributed by atoms with Crippen LogP contribution in [0.15, 0.2) is 40.9 Å². The lowest BCUT2D eigenvalue weighted by Gasteiger charge is -2.20. The number of alkyl halides is 3. The second kappa shape index (κ2) is 5.31. The molecule has 2 nitrogen and oxygen atoms in total. The Morgan fingerprint density at radius 3 is 2.67 bits per heavy atom. The third-order valence-corrected chi connectivity index (χ3v) is 4.99. The van der Waals surface area contributed by atoms with Crippen LogP contribution in [-0.2, 0) is 12.6 Å². The molecule has 2 heterocycles. The van der Waals surface area contributed by atoms with E-state index < -0.39 is 23.6 Å². The van der Waals surface area contributed by atoms with Gasteiger partial charge < -0.3 is 4.57 Å². The largest absolute Gasteiger partial charge is 0.416 e. The van der Waals surface area contributed by atoms with Crippen molar-refractivity contribution < 1.29 is 17.6 Å². The summed E-state index contributed by atoms with van der Waals surface area (Å²) < 4.78 is 55.8. The molecule has 0 bridgehead atoms. The Labute approximate surface area is 143 Å². The summed E-state index contributed by atoms with van der Waals surface area (Å²) in [7, 11) is 0. The predicted molar refractivity (Wildman–Crippen MR) is 85.3 cm³/mol. The first-order valence-electron chi connectivity index (χ1n) is 7.38. The SMILES string of the molecule is Fc1cc2nc3n(c2cc1Br)C(c1ccccc1C(F)(F)F)CC3. The molecule has 1 aliphatic heterocycles. The molecule has 4 rings (SSSR count). The van der Waals surface area contributed by atoms with Crippen LogP contribution < -0.4 is 0 Å². The van der Waals surface area contributed by atoms with E-state index >= 15 is 0 Å². The molecule has 1 aliphatic rings. The van der Waals surface area contributed by atoms with Crippen molar-refractivity contribution in [2.24, 2.45) is 0 Å². The maximum atomic E-state index is 13.7. The van der Waals surface area contributed by atoms with Crippen molar-refractivity contribution in [3.8, 4) is 0 Å². The van der Waals surface area contributed by atoms with Gasteiger partial charge in [-0.15, -0.1) is 0 Å². The average Bonchev–Trinajstić information content (AvgIpc) is 3.07. The van der Waals surface area contributed by atoms with Crippen molar-refractivity contribution in [2.75, 3.05) is 0 Å². The molecule has 1 atom stereocenters. The molecule has 2 aromatic carbocycles. The Morgan fingerprint density at radius 1 is 1.17 bits per heavy atom. The lowest BCUT2D eigenvalue weighted by atomic mass is 9.98. The highest BCUT2D eigenvalue weighted by atomic mass is 79.9. The van der Waals surface area contributed by atoms with Crippen molar-refractivity contribution in [3.63, 3.8) is 0 Å². The summed E-state index contributed by atoms with van der Waals surface area (Å²) >= 11 is 3.14. The molecule has 0 N–H and O–H groups in total. The zero-order valence-electron chi connectivity index (χ0n) is 12.2. The van der Waals surface area contributed by atoms with E-state index in [1.165, 1.54) is 18.2 Å². The van der Waals surface area contributed by atoms with Crippen molar-refractivity contribution >= 4 is 27.0 Å². The van der Waals surface area contributed by atoms with Gasteiger partial charge in [0.2, 0.25) is 0 Å². The minimum atomic E-state index is -4.41. The van der Waals surface area contributed by atoms with Gasteiger partial charge in [-0.05, 0) is 40.0 Å². The van der Waals surface area contributed by atoms with Gasteiger partial charge in [0.05, 0.1) is 27.1 Å². The van der Waals surface area contributed by atoms with E-state index in [0.29, 0.717) is 29.7 Å². The van der Waals surface area contributed by atoms with Crippen molar-refractivity contribution in [1.82, 2.24) is 9.55 Å². The first-order chi connectivity index (χ1) is 11.4. The summed E-state index contributed by atoms with van der Waals surface area (Å²) in [5.41, 5.74) is 0.687. The normalized spacial score (nSPS) is 17.5.